The fraction of sp³-hybridized carbons (Fsp3) is 0.355. The summed E-state index contributed by atoms with van der Waals surface area (Å²) in [5, 5.41) is 9.23. The number of pyridine rings is 1. The first kappa shape index (κ1) is 29.6. The smallest absolute Gasteiger partial charge is 0.310 e. The molecule has 2 fully saturated rings. The summed E-state index contributed by atoms with van der Waals surface area (Å²) in [6, 6.07) is 16.5. The monoisotopic (exact) mass is 587 g/mol. The maximum Gasteiger partial charge on any atom is 0.310 e. The lowest BCUT2D eigenvalue weighted by Gasteiger charge is -2.34. The zero-order valence-electron chi connectivity index (χ0n) is 23.7. The average Bonchev–Trinajstić information content (AvgIpc) is 3.32. The number of fused-ring (bicyclic) bond motifs is 1. The number of rotatable bonds is 10. The van der Waals surface area contributed by atoms with Gasteiger partial charge >= 0.3 is 5.97 Å². The summed E-state index contributed by atoms with van der Waals surface area (Å²) < 4.78 is 11.0. The Bertz CT molecular complexity index is 1510. The minimum Gasteiger partial charge on any atom is -0.433 e. The van der Waals surface area contributed by atoms with Crippen LogP contribution in [0.5, 0.6) is 0 Å². The Labute approximate surface area is 248 Å². The second kappa shape index (κ2) is 13.4. The molecule has 3 unspecified atom stereocenters. The molecule has 12 nitrogen and oxygen atoms in total. The predicted molar refractivity (Wildman–Crippen MR) is 154 cm³/mol. The first-order chi connectivity index (χ1) is 20.8. The van der Waals surface area contributed by atoms with E-state index >= 15 is 0 Å². The highest BCUT2D eigenvalue weighted by Crippen LogP contribution is 2.21. The molecule has 2 aliphatic heterocycles. The van der Waals surface area contributed by atoms with E-state index in [0.717, 1.165) is 16.0 Å². The molecule has 3 aromatic rings. The molecule has 0 spiro atoms. The van der Waals surface area contributed by atoms with Crippen LogP contribution in [0.15, 0.2) is 66.9 Å². The first-order valence-corrected chi connectivity index (χ1v) is 14.2. The molecule has 2 aliphatic rings. The molecule has 0 bridgehead atoms. The minimum atomic E-state index is -1.06. The fourth-order valence-corrected chi connectivity index (χ4v) is 5.18. The van der Waals surface area contributed by atoms with Crippen LogP contribution in [0, 0.1) is 0 Å². The zero-order valence-corrected chi connectivity index (χ0v) is 23.7. The average molecular weight is 588 g/mol. The lowest BCUT2D eigenvalue weighted by molar-refractivity contribution is -0.169. The molecular formula is C31H33N5O7. The van der Waals surface area contributed by atoms with Crippen molar-refractivity contribution < 1.29 is 33.4 Å². The van der Waals surface area contributed by atoms with Crippen LogP contribution in [0.4, 0.5) is 0 Å². The quantitative estimate of drug-likeness (QED) is 0.343. The number of amides is 4. The normalized spacial score (nSPS) is 20.6. The van der Waals surface area contributed by atoms with Crippen molar-refractivity contribution in [2.24, 2.45) is 0 Å². The molecule has 12 heteroatoms. The Balaban J connectivity index is 1.29. The number of benzene rings is 2. The molecule has 2 saturated heterocycles. The molecule has 224 valence electrons. The second-order valence-electron chi connectivity index (χ2n) is 10.4. The van der Waals surface area contributed by atoms with Gasteiger partial charge in [0.05, 0.1) is 13.0 Å². The van der Waals surface area contributed by atoms with Gasteiger partial charge in [0.15, 0.2) is 0 Å². The number of esters is 1. The van der Waals surface area contributed by atoms with Crippen molar-refractivity contribution in [1.29, 1.82) is 0 Å². The van der Waals surface area contributed by atoms with E-state index in [-0.39, 0.29) is 44.0 Å². The number of aromatic nitrogens is 1. The van der Waals surface area contributed by atoms with Gasteiger partial charge in [0.1, 0.15) is 24.3 Å². The van der Waals surface area contributed by atoms with Gasteiger partial charge in [-0.3, -0.25) is 34.0 Å². The Hall–Kier alpha value is -4.84. The Kier molecular flexibility index (Phi) is 9.26. The van der Waals surface area contributed by atoms with Crippen molar-refractivity contribution in [1.82, 2.24) is 25.6 Å². The molecule has 0 saturated carbocycles. The number of hydrogen-bond acceptors (Lipinski definition) is 8. The van der Waals surface area contributed by atoms with Gasteiger partial charge in [0.25, 0.3) is 11.8 Å². The molecule has 4 amide bonds. The topological polar surface area (TPSA) is 147 Å². The Morgan fingerprint density at radius 3 is 2.56 bits per heavy atom. The van der Waals surface area contributed by atoms with Crippen molar-refractivity contribution in [2.45, 2.75) is 57.6 Å². The summed E-state index contributed by atoms with van der Waals surface area (Å²) in [6.45, 7) is 1.72. The van der Waals surface area contributed by atoms with E-state index in [2.05, 4.69) is 15.6 Å². The molecule has 2 N–H and O–H groups in total. The second-order valence-corrected chi connectivity index (χ2v) is 10.4. The summed E-state index contributed by atoms with van der Waals surface area (Å²) >= 11 is 0. The van der Waals surface area contributed by atoms with Crippen molar-refractivity contribution in [3.63, 3.8) is 0 Å². The Morgan fingerprint density at radius 2 is 1.77 bits per heavy atom. The third-order valence-electron chi connectivity index (χ3n) is 7.27. The molecule has 0 radical (unpaired) electrons. The lowest BCUT2D eigenvalue weighted by Crippen LogP contribution is -2.57. The van der Waals surface area contributed by atoms with Crippen LogP contribution >= 0.6 is 0 Å². The maximum absolute atomic E-state index is 13.8. The van der Waals surface area contributed by atoms with Gasteiger partial charge in [-0.05, 0) is 29.9 Å². The van der Waals surface area contributed by atoms with Crippen molar-refractivity contribution in [2.75, 3.05) is 13.1 Å². The summed E-state index contributed by atoms with van der Waals surface area (Å²) in [5.74, 6) is -2.63. The number of cyclic esters (lactones) is 1. The highest BCUT2D eigenvalue weighted by molar-refractivity contribution is 6.06. The third-order valence-corrected chi connectivity index (χ3v) is 7.27. The van der Waals surface area contributed by atoms with Gasteiger partial charge < -0.3 is 20.1 Å². The number of carbonyl (C=O) groups excluding carboxylic acids is 5. The number of nitrogens with one attached hydrogen (secondary N) is 2. The molecule has 3 heterocycles. The number of ether oxygens (including phenoxy) is 2. The van der Waals surface area contributed by atoms with Gasteiger partial charge in [0, 0.05) is 24.5 Å². The maximum atomic E-state index is 13.8. The van der Waals surface area contributed by atoms with E-state index in [1.807, 2.05) is 49.4 Å². The van der Waals surface area contributed by atoms with E-state index in [4.69, 9.17) is 9.47 Å². The van der Waals surface area contributed by atoms with Crippen LogP contribution in [0.25, 0.3) is 10.8 Å². The molecule has 0 aliphatic carbocycles. The van der Waals surface area contributed by atoms with Gasteiger partial charge in [-0.2, -0.15) is 0 Å². The van der Waals surface area contributed by atoms with Gasteiger partial charge in [0.2, 0.25) is 18.1 Å². The summed E-state index contributed by atoms with van der Waals surface area (Å²) in [5.41, 5.74) is 1.02. The van der Waals surface area contributed by atoms with E-state index in [9.17, 15) is 24.0 Å². The highest BCUT2D eigenvalue weighted by Gasteiger charge is 2.40. The largest absolute Gasteiger partial charge is 0.433 e. The van der Waals surface area contributed by atoms with Crippen LogP contribution < -0.4 is 10.6 Å². The van der Waals surface area contributed by atoms with Crippen LogP contribution in [-0.2, 0) is 35.3 Å². The summed E-state index contributed by atoms with van der Waals surface area (Å²) in [4.78, 5) is 69.6. The first-order valence-electron chi connectivity index (χ1n) is 14.2. The third kappa shape index (κ3) is 6.97. The van der Waals surface area contributed by atoms with E-state index < -0.39 is 48.6 Å². The van der Waals surface area contributed by atoms with Crippen LogP contribution in [-0.4, -0.2) is 76.1 Å². The molecule has 43 heavy (non-hydrogen) atoms. The standard InChI is InChI=1S/C31H33N5O7/c1-2-16-35-26(38)13-12-23(34-29(40)28-22-11-7-6-10-21(22)14-15-32-28)30(41)36(35)18-25(37)33-24-17-27(39)43-31(24)42-19-20-8-4-3-5-9-20/h3-11,14-15,23-24,31H,2,12-13,16-19H2,1H3,(H,33,37)(H,34,40). The van der Waals surface area contributed by atoms with Crippen molar-refractivity contribution >= 4 is 40.4 Å². The predicted octanol–water partition coefficient (Wildman–Crippen LogP) is 2.08. The number of hydrogen-bond donors (Lipinski definition) is 2. The summed E-state index contributed by atoms with van der Waals surface area (Å²) in [6.07, 6.45) is 1.00. The zero-order chi connectivity index (χ0) is 30.3. The molecule has 3 atom stereocenters. The van der Waals surface area contributed by atoms with E-state index in [1.54, 1.807) is 18.2 Å². The van der Waals surface area contributed by atoms with Crippen LogP contribution in [0.1, 0.15) is 48.7 Å². The summed E-state index contributed by atoms with van der Waals surface area (Å²) in [7, 11) is 0. The van der Waals surface area contributed by atoms with E-state index in [1.165, 1.54) is 11.2 Å². The molecule has 1 aromatic heterocycles. The Morgan fingerprint density at radius 1 is 1.00 bits per heavy atom. The highest BCUT2D eigenvalue weighted by atomic mass is 16.7. The molecule has 5 rings (SSSR count). The minimum absolute atomic E-state index is 0.00185. The number of hydrazine groups is 1. The molecule has 2 aromatic carbocycles. The van der Waals surface area contributed by atoms with E-state index in [0.29, 0.717) is 11.8 Å². The SMILES string of the molecule is CCCN1C(=O)CCC(NC(=O)c2nccc3ccccc23)C(=O)N1CC(=O)NC1CC(=O)OC1OCc1ccccc1. The fourth-order valence-electron chi connectivity index (χ4n) is 5.18. The number of carbonyl (C=O) groups is 5. The van der Waals surface area contributed by atoms with Gasteiger partial charge in [-0.1, -0.05) is 61.5 Å². The van der Waals surface area contributed by atoms with Crippen molar-refractivity contribution in [3.05, 3.63) is 78.1 Å². The van der Waals surface area contributed by atoms with Crippen LogP contribution in [0.2, 0.25) is 0 Å². The van der Waals surface area contributed by atoms with Gasteiger partial charge in [-0.25, -0.2) is 5.01 Å². The number of nitrogens with zero attached hydrogens (tertiary/aromatic N) is 3. The van der Waals surface area contributed by atoms with Crippen molar-refractivity contribution in [3.8, 4) is 0 Å². The molecular weight excluding hydrogens is 554 g/mol. The van der Waals surface area contributed by atoms with Gasteiger partial charge in [-0.15, -0.1) is 0 Å². The lowest BCUT2D eigenvalue weighted by atomic mass is 10.1. The van der Waals surface area contributed by atoms with Crippen LogP contribution in [0.3, 0.4) is 0 Å².